The molecule has 0 bridgehead atoms. The monoisotopic (exact) mass is 181 g/mol. The smallest absolute Gasteiger partial charge is 0.243 e. The molecule has 0 aliphatic heterocycles. The molecule has 1 fully saturated rings. The van der Waals surface area contributed by atoms with Gasteiger partial charge in [0.1, 0.15) is 0 Å². The predicted octanol–water partition coefficient (Wildman–Crippen LogP) is 0.989. The van der Waals surface area contributed by atoms with E-state index in [1.807, 2.05) is 0 Å². The number of nitrogens with one attached hydrogen (secondary N) is 2. The molecule has 4 N–H and O–H groups in total. The van der Waals surface area contributed by atoms with E-state index in [0.29, 0.717) is 17.3 Å². The molecule has 0 atom stereocenters. The Labute approximate surface area is 77.1 Å². The van der Waals surface area contributed by atoms with Crippen molar-refractivity contribution >= 4 is 11.9 Å². The molecule has 1 saturated carbocycles. The fourth-order valence-corrected chi connectivity index (χ4v) is 1.45. The summed E-state index contributed by atoms with van der Waals surface area (Å²) >= 11 is 0. The Bertz CT molecular complexity index is 288. The summed E-state index contributed by atoms with van der Waals surface area (Å²) in [6, 6.07) is 0. The van der Waals surface area contributed by atoms with E-state index < -0.39 is 0 Å². The minimum absolute atomic E-state index is 0.365. The van der Waals surface area contributed by atoms with Crippen LogP contribution in [0.4, 0.5) is 11.9 Å². The van der Waals surface area contributed by atoms with E-state index in [1.54, 1.807) is 0 Å². The summed E-state index contributed by atoms with van der Waals surface area (Å²) in [5, 5.41) is 9.69. The van der Waals surface area contributed by atoms with Crippen LogP contribution in [0, 0.1) is 5.41 Å². The van der Waals surface area contributed by atoms with Gasteiger partial charge in [-0.15, -0.1) is 5.10 Å². The number of nitrogens with zero attached hydrogens (tertiary/aromatic N) is 2. The van der Waals surface area contributed by atoms with Crippen LogP contribution in [-0.2, 0) is 0 Å². The SMILES string of the molecule is CCC1(CNc2n[nH]c(N)n2)CC1. The van der Waals surface area contributed by atoms with Crippen molar-refractivity contribution in [2.45, 2.75) is 26.2 Å². The average Bonchev–Trinajstić information content (AvgIpc) is 2.81. The zero-order chi connectivity index (χ0) is 9.31. The van der Waals surface area contributed by atoms with Crippen LogP contribution >= 0.6 is 0 Å². The van der Waals surface area contributed by atoms with Crippen molar-refractivity contribution < 1.29 is 0 Å². The first-order chi connectivity index (χ1) is 6.24. The standard InChI is InChI=1S/C8H15N5/c1-2-8(3-4-8)5-10-7-11-6(9)12-13-7/h2-5H2,1H3,(H4,9,10,11,12,13). The molecule has 5 heteroatoms. The van der Waals surface area contributed by atoms with Gasteiger partial charge >= 0.3 is 0 Å². The van der Waals surface area contributed by atoms with E-state index in [0.717, 1.165) is 6.54 Å². The second-order valence-corrected chi connectivity index (χ2v) is 3.75. The molecule has 0 spiro atoms. The van der Waals surface area contributed by atoms with Crippen molar-refractivity contribution in [3.63, 3.8) is 0 Å². The Morgan fingerprint density at radius 3 is 2.85 bits per heavy atom. The van der Waals surface area contributed by atoms with Crippen molar-refractivity contribution in [3.05, 3.63) is 0 Å². The Hall–Kier alpha value is -1.26. The van der Waals surface area contributed by atoms with Crippen LogP contribution in [-0.4, -0.2) is 21.7 Å². The second-order valence-electron chi connectivity index (χ2n) is 3.75. The number of H-pyrrole nitrogens is 1. The van der Waals surface area contributed by atoms with Gasteiger partial charge in [-0.25, -0.2) is 5.10 Å². The number of hydrogen-bond donors (Lipinski definition) is 3. The number of rotatable bonds is 4. The third-order valence-corrected chi connectivity index (χ3v) is 2.83. The quantitative estimate of drug-likeness (QED) is 0.647. The molecule has 0 saturated heterocycles. The van der Waals surface area contributed by atoms with E-state index >= 15 is 0 Å². The third-order valence-electron chi connectivity index (χ3n) is 2.83. The minimum Gasteiger partial charge on any atom is -0.368 e. The van der Waals surface area contributed by atoms with E-state index in [-0.39, 0.29) is 0 Å². The number of nitrogen functional groups attached to an aromatic ring is 1. The summed E-state index contributed by atoms with van der Waals surface area (Å²) in [7, 11) is 0. The van der Waals surface area contributed by atoms with Crippen LogP contribution < -0.4 is 11.1 Å². The first kappa shape index (κ1) is 8.34. The van der Waals surface area contributed by atoms with E-state index in [9.17, 15) is 0 Å². The van der Waals surface area contributed by atoms with Crippen molar-refractivity contribution in [2.75, 3.05) is 17.6 Å². The Kier molecular flexibility index (Phi) is 1.86. The molecule has 0 amide bonds. The summed E-state index contributed by atoms with van der Waals surface area (Å²) in [6.07, 6.45) is 3.85. The Morgan fingerprint density at radius 1 is 1.62 bits per heavy atom. The van der Waals surface area contributed by atoms with Gasteiger partial charge in [0.05, 0.1) is 0 Å². The lowest BCUT2D eigenvalue weighted by atomic mass is 10.0. The summed E-state index contributed by atoms with van der Waals surface area (Å²) in [4.78, 5) is 3.98. The molecule has 72 valence electrons. The fraction of sp³-hybridized carbons (Fsp3) is 0.750. The maximum atomic E-state index is 5.40. The highest BCUT2D eigenvalue weighted by molar-refractivity contribution is 5.30. The van der Waals surface area contributed by atoms with Crippen LogP contribution in [0.5, 0.6) is 0 Å². The maximum absolute atomic E-state index is 5.40. The number of aromatic amines is 1. The highest BCUT2D eigenvalue weighted by Crippen LogP contribution is 2.48. The molecule has 13 heavy (non-hydrogen) atoms. The molecular weight excluding hydrogens is 166 g/mol. The zero-order valence-corrected chi connectivity index (χ0v) is 7.80. The lowest BCUT2D eigenvalue weighted by Gasteiger charge is -2.11. The molecule has 1 aliphatic carbocycles. The summed E-state index contributed by atoms with van der Waals surface area (Å²) in [5.74, 6) is 0.973. The van der Waals surface area contributed by atoms with Gasteiger partial charge in [-0.05, 0) is 24.7 Å². The van der Waals surface area contributed by atoms with Crippen molar-refractivity contribution in [3.8, 4) is 0 Å². The van der Waals surface area contributed by atoms with Gasteiger partial charge < -0.3 is 11.1 Å². The molecule has 5 nitrogen and oxygen atoms in total. The third kappa shape index (κ3) is 1.74. The van der Waals surface area contributed by atoms with E-state index in [1.165, 1.54) is 19.3 Å². The van der Waals surface area contributed by atoms with Gasteiger partial charge in [0.15, 0.2) is 0 Å². The summed E-state index contributed by atoms with van der Waals surface area (Å²) < 4.78 is 0. The predicted molar refractivity (Wildman–Crippen MR) is 51.2 cm³/mol. The summed E-state index contributed by atoms with van der Waals surface area (Å²) in [6.45, 7) is 3.18. The molecule has 0 unspecified atom stereocenters. The molecule has 1 aromatic heterocycles. The number of anilines is 2. The maximum Gasteiger partial charge on any atom is 0.243 e. The first-order valence-electron chi connectivity index (χ1n) is 4.66. The number of aromatic nitrogens is 3. The van der Waals surface area contributed by atoms with Gasteiger partial charge in [0.2, 0.25) is 11.9 Å². The van der Waals surface area contributed by atoms with Crippen molar-refractivity contribution in [1.82, 2.24) is 15.2 Å². The largest absolute Gasteiger partial charge is 0.368 e. The highest BCUT2D eigenvalue weighted by atomic mass is 15.3. The highest BCUT2D eigenvalue weighted by Gasteiger charge is 2.40. The van der Waals surface area contributed by atoms with Crippen LogP contribution in [0.1, 0.15) is 26.2 Å². The van der Waals surface area contributed by atoms with Crippen LogP contribution in [0.25, 0.3) is 0 Å². The molecule has 1 heterocycles. The normalized spacial score (nSPS) is 18.5. The number of hydrogen-bond acceptors (Lipinski definition) is 4. The van der Waals surface area contributed by atoms with Gasteiger partial charge in [0.25, 0.3) is 0 Å². The van der Waals surface area contributed by atoms with E-state index in [4.69, 9.17) is 5.73 Å². The molecule has 2 rings (SSSR count). The van der Waals surface area contributed by atoms with Gasteiger partial charge in [0, 0.05) is 6.54 Å². The summed E-state index contributed by atoms with van der Waals surface area (Å²) in [5.41, 5.74) is 5.91. The lowest BCUT2D eigenvalue weighted by molar-refractivity contribution is 0.520. The van der Waals surface area contributed by atoms with E-state index in [2.05, 4.69) is 27.4 Å². The molecular formula is C8H15N5. The second kappa shape index (κ2) is 2.90. The van der Waals surface area contributed by atoms with Crippen LogP contribution in [0.3, 0.4) is 0 Å². The molecule has 0 aromatic carbocycles. The lowest BCUT2D eigenvalue weighted by Crippen LogP contribution is -2.15. The van der Waals surface area contributed by atoms with Gasteiger partial charge in [-0.1, -0.05) is 6.92 Å². The Morgan fingerprint density at radius 2 is 2.38 bits per heavy atom. The minimum atomic E-state index is 0.365. The van der Waals surface area contributed by atoms with Gasteiger partial charge in [-0.3, -0.25) is 0 Å². The fourth-order valence-electron chi connectivity index (χ4n) is 1.45. The van der Waals surface area contributed by atoms with Crippen LogP contribution in [0.2, 0.25) is 0 Å². The molecule has 1 aliphatic rings. The average molecular weight is 181 g/mol. The molecule has 0 radical (unpaired) electrons. The number of nitrogens with two attached hydrogens (primary N) is 1. The first-order valence-corrected chi connectivity index (χ1v) is 4.66. The van der Waals surface area contributed by atoms with Crippen molar-refractivity contribution in [1.29, 1.82) is 0 Å². The van der Waals surface area contributed by atoms with Crippen LogP contribution in [0.15, 0.2) is 0 Å². The van der Waals surface area contributed by atoms with Crippen molar-refractivity contribution in [2.24, 2.45) is 5.41 Å². The topological polar surface area (TPSA) is 79.6 Å². The Balaban J connectivity index is 1.86. The van der Waals surface area contributed by atoms with Gasteiger partial charge in [-0.2, -0.15) is 4.98 Å². The zero-order valence-electron chi connectivity index (χ0n) is 7.80. The molecule has 1 aromatic rings.